The number of aromatic amines is 1. The Bertz CT molecular complexity index is 951. The third-order valence-corrected chi connectivity index (χ3v) is 4.98. The molecule has 1 N–H and O–H groups in total. The molecule has 0 fully saturated rings. The molecule has 2 aromatic heterocycles. The van der Waals surface area contributed by atoms with Crippen LogP contribution in [0, 0.1) is 6.92 Å². The van der Waals surface area contributed by atoms with Crippen molar-refractivity contribution in [1.29, 1.82) is 0 Å². The fourth-order valence-electron chi connectivity index (χ4n) is 2.99. The van der Waals surface area contributed by atoms with Crippen LogP contribution in [0.15, 0.2) is 34.2 Å². The highest BCUT2D eigenvalue weighted by atomic mass is 32.2. The zero-order valence-corrected chi connectivity index (χ0v) is 13.6. The van der Waals surface area contributed by atoms with Gasteiger partial charge in [0.05, 0.1) is 16.7 Å². The van der Waals surface area contributed by atoms with Crippen LogP contribution in [-0.2, 0) is 18.6 Å². The fraction of sp³-hybridized carbons (Fsp3) is 0.294. The van der Waals surface area contributed by atoms with Gasteiger partial charge < -0.3 is 4.98 Å². The summed E-state index contributed by atoms with van der Waals surface area (Å²) in [7, 11) is 0. The Morgan fingerprint density at radius 1 is 1.17 bits per heavy atom. The Hall–Kier alpha value is -2.21. The molecule has 4 rings (SSSR count). The maximum Gasteiger partial charge on any atom is 0.258 e. The molecule has 116 valence electrons. The Morgan fingerprint density at radius 2 is 2.04 bits per heavy atom. The number of nitrogens with one attached hydrogen (secondary N) is 1. The zero-order valence-electron chi connectivity index (χ0n) is 12.8. The molecule has 0 bridgehead atoms. The molecule has 0 radical (unpaired) electrons. The molecule has 0 spiro atoms. The van der Waals surface area contributed by atoms with Crippen molar-refractivity contribution in [2.75, 3.05) is 0 Å². The van der Waals surface area contributed by atoms with E-state index in [9.17, 15) is 4.79 Å². The second kappa shape index (κ2) is 5.77. The van der Waals surface area contributed by atoms with E-state index in [2.05, 4.69) is 19.9 Å². The lowest BCUT2D eigenvalue weighted by atomic mass is 10.2. The Labute approximate surface area is 137 Å². The first kappa shape index (κ1) is 14.4. The van der Waals surface area contributed by atoms with Crippen LogP contribution in [0.2, 0.25) is 0 Å². The topological polar surface area (TPSA) is 71.5 Å². The van der Waals surface area contributed by atoms with E-state index >= 15 is 0 Å². The van der Waals surface area contributed by atoms with Gasteiger partial charge in [-0.3, -0.25) is 4.79 Å². The molecular weight excluding hydrogens is 308 g/mol. The lowest BCUT2D eigenvalue weighted by Gasteiger charge is -2.06. The molecule has 5 nitrogen and oxygen atoms in total. The van der Waals surface area contributed by atoms with E-state index in [4.69, 9.17) is 0 Å². The number of rotatable bonds is 3. The number of hydrogen-bond acceptors (Lipinski definition) is 5. The monoisotopic (exact) mass is 324 g/mol. The average molecular weight is 324 g/mol. The van der Waals surface area contributed by atoms with Gasteiger partial charge in [-0.25, -0.2) is 15.0 Å². The minimum Gasteiger partial charge on any atom is -0.309 e. The van der Waals surface area contributed by atoms with E-state index < -0.39 is 0 Å². The van der Waals surface area contributed by atoms with Crippen molar-refractivity contribution in [3.8, 4) is 0 Å². The summed E-state index contributed by atoms with van der Waals surface area (Å²) < 4.78 is 0. The molecule has 23 heavy (non-hydrogen) atoms. The first-order valence-corrected chi connectivity index (χ1v) is 8.66. The van der Waals surface area contributed by atoms with E-state index in [1.165, 1.54) is 29.4 Å². The van der Waals surface area contributed by atoms with E-state index in [-0.39, 0.29) is 5.56 Å². The summed E-state index contributed by atoms with van der Waals surface area (Å²) in [6.45, 7) is 2.05. The van der Waals surface area contributed by atoms with E-state index in [0.717, 1.165) is 29.2 Å². The van der Waals surface area contributed by atoms with Gasteiger partial charge in [-0.15, -0.1) is 0 Å². The number of aryl methyl sites for hydroxylation is 2. The maximum atomic E-state index is 12.1. The zero-order chi connectivity index (χ0) is 15.8. The van der Waals surface area contributed by atoms with Gasteiger partial charge in [-0.05, 0) is 43.9 Å². The Kier molecular flexibility index (Phi) is 3.61. The molecule has 1 aliphatic rings. The summed E-state index contributed by atoms with van der Waals surface area (Å²) >= 11 is 1.52. The lowest BCUT2D eigenvalue weighted by Crippen LogP contribution is -2.11. The van der Waals surface area contributed by atoms with Crippen molar-refractivity contribution in [2.45, 2.75) is 37.1 Å². The molecular formula is C17H16N4OS. The summed E-state index contributed by atoms with van der Waals surface area (Å²) in [5.41, 5.74) is 4.19. The van der Waals surface area contributed by atoms with Crippen molar-refractivity contribution in [2.24, 2.45) is 0 Å². The van der Waals surface area contributed by atoms with Crippen molar-refractivity contribution in [3.63, 3.8) is 0 Å². The van der Waals surface area contributed by atoms with Crippen LogP contribution in [0.25, 0.3) is 10.9 Å². The Balaban J connectivity index is 1.60. The third kappa shape index (κ3) is 2.74. The normalized spacial score (nSPS) is 13.4. The summed E-state index contributed by atoms with van der Waals surface area (Å²) in [6.07, 6.45) is 3.29. The number of H-pyrrole nitrogens is 1. The fourth-order valence-corrected chi connectivity index (χ4v) is 3.77. The van der Waals surface area contributed by atoms with E-state index in [0.29, 0.717) is 17.0 Å². The summed E-state index contributed by atoms with van der Waals surface area (Å²) in [5.74, 6) is 1.21. The first-order valence-electron chi connectivity index (χ1n) is 7.68. The van der Waals surface area contributed by atoms with Crippen molar-refractivity contribution in [1.82, 2.24) is 19.9 Å². The predicted octanol–water partition coefficient (Wildman–Crippen LogP) is 2.80. The number of aromatic nitrogens is 4. The molecule has 0 unspecified atom stereocenters. The van der Waals surface area contributed by atoms with Crippen molar-refractivity contribution in [3.05, 3.63) is 57.4 Å². The molecule has 0 aliphatic heterocycles. The van der Waals surface area contributed by atoms with Crippen molar-refractivity contribution < 1.29 is 0 Å². The van der Waals surface area contributed by atoms with Gasteiger partial charge in [-0.2, -0.15) is 0 Å². The molecule has 1 aliphatic carbocycles. The minimum absolute atomic E-state index is 0.0998. The number of benzene rings is 1. The lowest BCUT2D eigenvalue weighted by molar-refractivity contribution is 0.867. The highest BCUT2D eigenvalue weighted by Gasteiger charge is 2.17. The maximum absolute atomic E-state index is 12.1. The molecule has 0 saturated heterocycles. The van der Waals surface area contributed by atoms with E-state index in [1.807, 2.05) is 25.1 Å². The summed E-state index contributed by atoms with van der Waals surface area (Å²) in [4.78, 5) is 28.7. The van der Waals surface area contributed by atoms with Crippen LogP contribution in [-0.4, -0.2) is 19.9 Å². The minimum atomic E-state index is -0.0998. The van der Waals surface area contributed by atoms with Crippen LogP contribution in [0.5, 0.6) is 0 Å². The number of para-hydroxylation sites is 1. The molecule has 6 heteroatoms. The second-order valence-corrected chi connectivity index (χ2v) is 6.63. The third-order valence-electron chi connectivity index (χ3n) is 4.12. The van der Waals surface area contributed by atoms with Gasteiger partial charge in [0, 0.05) is 11.4 Å². The van der Waals surface area contributed by atoms with Gasteiger partial charge >= 0.3 is 0 Å². The van der Waals surface area contributed by atoms with Crippen LogP contribution < -0.4 is 5.56 Å². The smallest absolute Gasteiger partial charge is 0.258 e. The van der Waals surface area contributed by atoms with Crippen molar-refractivity contribution >= 4 is 22.7 Å². The Morgan fingerprint density at radius 3 is 2.96 bits per heavy atom. The highest BCUT2D eigenvalue weighted by Crippen LogP contribution is 2.26. The molecule has 3 aromatic rings. The molecule has 1 aromatic carbocycles. The van der Waals surface area contributed by atoms with Crippen LogP contribution in [0.4, 0.5) is 0 Å². The number of fused-ring (bicyclic) bond motifs is 2. The first-order chi connectivity index (χ1) is 11.2. The average Bonchev–Trinajstić information content (AvgIpc) is 3.02. The molecule has 0 amide bonds. The second-order valence-electron chi connectivity index (χ2n) is 5.69. The van der Waals surface area contributed by atoms with Crippen LogP contribution >= 0.6 is 11.8 Å². The molecule has 0 saturated carbocycles. The summed E-state index contributed by atoms with van der Waals surface area (Å²) in [5, 5.41) is 1.38. The molecule has 2 heterocycles. The quantitative estimate of drug-likeness (QED) is 0.592. The summed E-state index contributed by atoms with van der Waals surface area (Å²) in [6, 6.07) is 7.37. The SMILES string of the molecule is Cc1nc(SCc2nc3ccccc3c(=O)[nH]2)nc2c1CCC2. The van der Waals surface area contributed by atoms with Crippen LogP contribution in [0.3, 0.4) is 0 Å². The number of thioether (sulfide) groups is 1. The predicted molar refractivity (Wildman–Crippen MR) is 90.7 cm³/mol. The van der Waals surface area contributed by atoms with E-state index in [1.54, 1.807) is 6.07 Å². The van der Waals surface area contributed by atoms with Gasteiger partial charge in [0.15, 0.2) is 5.16 Å². The number of hydrogen-bond donors (Lipinski definition) is 1. The standard InChI is InChI=1S/C17H16N4OS/c1-10-11-6-4-8-13(11)20-17(18-10)23-9-15-19-14-7-3-2-5-12(14)16(22)21-15/h2-3,5,7H,4,6,8-9H2,1H3,(H,19,21,22). The van der Waals surface area contributed by atoms with Gasteiger partial charge in [0.1, 0.15) is 5.82 Å². The van der Waals surface area contributed by atoms with Gasteiger partial charge in [0.2, 0.25) is 0 Å². The molecule has 0 atom stereocenters. The van der Waals surface area contributed by atoms with Crippen LogP contribution in [0.1, 0.15) is 29.2 Å². The largest absolute Gasteiger partial charge is 0.309 e. The number of nitrogens with zero attached hydrogens (tertiary/aromatic N) is 3. The van der Waals surface area contributed by atoms with Gasteiger partial charge in [0.25, 0.3) is 5.56 Å². The van der Waals surface area contributed by atoms with Gasteiger partial charge in [-0.1, -0.05) is 23.9 Å². The highest BCUT2D eigenvalue weighted by molar-refractivity contribution is 7.98.